The van der Waals surface area contributed by atoms with Crippen molar-refractivity contribution in [3.63, 3.8) is 0 Å². The average molecular weight is 427 g/mol. The van der Waals surface area contributed by atoms with Crippen molar-refractivity contribution in [2.45, 2.75) is 0 Å². The first-order valence-electron chi connectivity index (χ1n) is 9.52. The quantitative estimate of drug-likeness (QED) is 0.389. The highest BCUT2D eigenvalue weighted by Crippen LogP contribution is 2.20. The number of ether oxygens (including phenoxy) is 2. The van der Waals surface area contributed by atoms with Crippen LogP contribution in [0.3, 0.4) is 0 Å². The van der Waals surface area contributed by atoms with E-state index in [4.69, 9.17) is 4.74 Å². The van der Waals surface area contributed by atoms with Gasteiger partial charge in [0.05, 0.1) is 23.2 Å². The van der Waals surface area contributed by atoms with Gasteiger partial charge in [0, 0.05) is 44.0 Å². The molecule has 10 nitrogen and oxygen atoms in total. The Bertz CT molecular complexity index is 983. The van der Waals surface area contributed by atoms with Crippen LogP contribution in [0.4, 0.5) is 11.4 Å². The van der Waals surface area contributed by atoms with Crippen LogP contribution in [0.2, 0.25) is 0 Å². The number of hydrogen-bond donors (Lipinski definition) is 0. The number of nitrogens with zero attached hydrogens (tertiary/aromatic N) is 3. The predicted molar refractivity (Wildman–Crippen MR) is 110 cm³/mol. The number of benzene rings is 2. The summed E-state index contributed by atoms with van der Waals surface area (Å²) >= 11 is 0. The van der Waals surface area contributed by atoms with E-state index >= 15 is 0 Å². The van der Waals surface area contributed by atoms with E-state index in [2.05, 4.69) is 4.74 Å². The molecule has 0 unspecified atom stereocenters. The first kappa shape index (κ1) is 21.8. The van der Waals surface area contributed by atoms with Gasteiger partial charge in [-0.25, -0.2) is 9.59 Å². The van der Waals surface area contributed by atoms with Gasteiger partial charge in [-0.3, -0.25) is 14.9 Å². The highest BCUT2D eigenvalue weighted by molar-refractivity contribution is 6.03. The smallest absolute Gasteiger partial charge is 0.339 e. The Hall–Kier alpha value is -3.95. The van der Waals surface area contributed by atoms with E-state index in [0.29, 0.717) is 26.2 Å². The van der Waals surface area contributed by atoms with Crippen molar-refractivity contribution in [2.24, 2.45) is 0 Å². The Kier molecular flexibility index (Phi) is 6.81. The van der Waals surface area contributed by atoms with Crippen molar-refractivity contribution in [1.29, 1.82) is 0 Å². The van der Waals surface area contributed by atoms with E-state index in [1.54, 1.807) is 29.2 Å². The number of esters is 2. The van der Waals surface area contributed by atoms with Gasteiger partial charge in [-0.05, 0) is 24.3 Å². The lowest BCUT2D eigenvalue weighted by atomic mass is 10.1. The van der Waals surface area contributed by atoms with E-state index < -0.39 is 23.5 Å². The summed E-state index contributed by atoms with van der Waals surface area (Å²) in [7, 11) is 1.21. The maximum atomic E-state index is 12.4. The molecular formula is C21H21N3O7. The van der Waals surface area contributed by atoms with Crippen molar-refractivity contribution >= 4 is 29.2 Å². The Morgan fingerprint density at radius 2 is 1.52 bits per heavy atom. The normalized spacial score (nSPS) is 13.5. The maximum absolute atomic E-state index is 12.4. The lowest BCUT2D eigenvalue weighted by molar-refractivity contribution is -0.384. The number of amides is 1. The van der Waals surface area contributed by atoms with Gasteiger partial charge >= 0.3 is 11.9 Å². The van der Waals surface area contributed by atoms with Gasteiger partial charge in [0.25, 0.3) is 11.6 Å². The van der Waals surface area contributed by atoms with Crippen LogP contribution in [0.15, 0.2) is 48.5 Å². The van der Waals surface area contributed by atoms with Gasteiger partial charge in [-0.2, -0.15) is 0 Å². The molecule has 1 amide bonds. The second-order valence-electron chi connectivity index (χ2n) is 6.75. The number of methoxy groups -OCH3 is 1. The molecule has 3 rings (SSSR count). The fraction of sp³-hybridized carbons (Fsp3) is 0.286. The van der Waals surface area contributed by atoms with Crippen LogP contribution in [0.1, 0.15) is 20.7 Å². The zero-order valence-electron chi connectivity index (χ0n) is 16.9. The summed E-state index contributed by atoms with van der Waals surface area (Å²) in [5.41, 5.74) is 0.959. The van der Waals surface area contributed by atoms with E-state index in [1.165, 1.54) is 31.4 Å². The highest BCUT2D eigenvalue weighted by atomic mass is 16.6. The molecule has 1 fully saturated rings. The largest absolute Gasteiger partial charge is 0.465 e. The number of nitro benzene ring substituents is 1. The van der Waals surface area contributed by atoms with E-state index in [-0.39, 0.29) is 22.7 Å². The van der Waals surface area contributed by atoms with Crippen LogP contribution in [-0.4, -0.2) is 67.6 Å². The number of hydrogen-bond acceptors (Lipinski definition) is 8. The van der Waals surface area contributed by atoms with Gasteiger partial charge in [0.2, 0.25) is 0 Å². The van der Waals surface area contributed by atoms with Crippen molar-refractivity contribution in [3.8, 4) is 0 Å². The molecule has 162 valence electrons. The minimum Gasteiger partial charge on any atom is -0.465 e. The van der Waals surface area contributed by atoms with Gasteiger partial charge in [-0.1, -0.05) is 12.1 Å². The minimum absolute atomic E-state index is 0.0214. The third-order valence-corrected chi connectivity index (χ3v) is 4.94. The van der Waals surface area contributed by atoms with Crippen LogP contribution >= 0.6 is 0 Å². The van der Waals surface area contributed by atoms with Crippen molar-refractivity contribution < 1.29 is 28.8 Å². The molecule has 0 saturated carbocycles. The number of carbonyl (C=O) groups is 3. The third kappa shape index (κ3) is 5.16. The summed E-state index contributed by atoms with van der Waals surface area (Å²) in [6.07, 6.45) is 0. The molecule has 0 atom stereocenters. The number of non-ortho nitro benzene ring substituents is 1. The van der Waals surface area contributed by atoms with E-state index in [9.17, 15) is 24.5 Å². The topological polar surface area (TPSA) is 119 Å². The molecule has 0 spiro atoms. The van der Waals surface area contributed by atoms with Crippen LogP contribution in [0, 0.1) is 10.1 Å². The lowest BCUT2D eigenvalue weighted by Gasteiger charge is -2.36. The standard InChI is InChI=1S/C21H21N3O7/c1-30-20(26)17-4-2-3-5-18(17)21(27)31-14-19(25)23-12-10-22(11-13-23)15-6-8-16(9-7-15)24(28)29/h2-9H,10-14H2,1H3. The summed E-state index contributed by atoms with van der Waals surface area (Å²) in [5.74, 6) is -1.78. The molecule has 0 N–H and O–H groups in total. The maximum Gasteiger partial charge on any atom is 0.339 e. The van der Waals surface area contributed by atoms with Gasteiger partial charge in [-0.15, -0.1) is 0 Å². The van der Waals surface area contributed by atoms with Gasteiger partial charge in [0.1, 0.15) is 0 Å². The second kappa shape index (κ2) is 9.70. The molecular weight excluding hydrogens is 406 g/mol. The zero-order valence-corrected chi connectivity index (χ0v) is 16.9. The van der Waals surface area contributed by atoms with Gasteiger partial charge in [0.15, 0.2) is 6.61 Å². The fourth-order valence-corrected chi connectivity index (χ4v) is 3.24. The molecule has 2 aromatic carbocycles. The lowest BCUT2D eigenvalue weighted by Crippen LogP contribution is -2.49. The molecule has 1 saturated heterocycles. The summed E-state index contributed by atoms with van der Waals surface area (Å²) in [5, 5.41) is 10.8. The number of nitro groups is 1. The monoisotopic (exact) mass is 427 g/mol. The molecule has 0 aromatic heterocycles. The molecule has 1 heterocycles. The molecule has 0 aliphatic carbocycles. The summed E-state index contributed by atoms with van der Waals surface area (Å²) in [6.45, 7) is 1.50. The molecule has 0 radical (unpaired) electrons. The number of rotatable bonds is 6. The number of anilines is 1. The van der Waals surface area contributed by atoms with Crippen LogP contribution < -0.4 is 4.90 Å². The summed E-state index contributed by atoms with van der Waals surface area (Å²) < 4.78 is 9.76. The molecule has 0 bridgehead atoms. The fourth-order valence-electron chi connectivity index (χ4n) is 3.24. The van der Waals surface area contributed by atoms with E-state index in [0.717, 1.165) is 5.69 Å². The second-order valence-corrected chi connectivity index (χ2v) is 6.75. The Morgan fingerprint density at radius 3 is 2.06 bits per heavy atom. The zero-order chi connectivity index (χ0) is 22.4. The first-order chi connectivity index (χ1) is 14.9. The third-order valence-electron chi connectivity index (χ3n) is 4.94. The van der Waals surface area contributed by atoms with Crippen LogP contribution in [0.5, 0.6) is 0 Å². The number of carbonyl (C=O) groups excluding carboxylic acids is 3. The van der Waals surface area contributed by atoms with Crippen molar-refractivity contribution in [3.05, 3.63) is 69.8 Å². The highest BCUT2D eigenvalue weighted by Gasteiger charge is 2.24. The van der Waals surface area contributed by atoms with E-state index in [1.807, 2.05) is 4.90 Å². The Morgan fingerprint density at radius 1 is 0.935 bits per heavy atom. The number of piperazine rings is 1. The average Bonchev–Trinajstić information content (AvgIpc) is 2.82. The summed E-state index contributed by atoms with van der Waals surface area (Å²) in [4.78, 5) is 50.5. The minimum atomic E-state index is -0.779. The van der Waals surface area contributed by atoms with Crippen molar-refractivity contribution in [1.82, 2.24) is 4.90 Å². The van der Waals surface area contributed by atoms with Crippen molar-refractivity contribution in [2.75, 3.05) is 44.8 Å². The molecule has 2 aromatic rings. The molecule has 10 heteroatoms. The molecule has 1 aliphatic heterocycles. The van der Waals surface area contributed by atoms with Crippen LogP contribution in [-0.2, 0) is 14.3 Å². The summed E-state index contributed by atoms with van der Waals surface area (Å²) in [6, 6.07) is 12.3. The SMILES string of the molecule is COC(=O)c1ccccc1C(=O)OCC(=O)N1CCN(c2ccc([N+](=O)[O-])cc2)CC1. The Balaban J connectivity index is 1.52. The predicted octanol–water partition coefficient (Wildman–Crippen LogP) is 1.89. The molecule has 1 aliphatic rings. The van der Waals surface area contributed by atoms with Crippen LogP contribution in [0.25, 0.3) is 0 Å². The van der Waals surface area contributed by atoms with Gasteiger partial charge < -0.3 is 19.3 Å². The molecule has 31 heavy (non-hydrogen) atoms. The first-order valence-corrected chi connectivity index (χ1v) is 9.52. The Labute approximate surface area is 178 Å².